The van der Waals surface area contributed by atoms with E-state index in [0.29, 0.717) is 0 Å². The molecule has 0 radical (unpaired) electrons. The molecule has 0 atom stereocenters. The van der Waals surface area contributed by atoms with E-state index in [4.69, 9.17) is 30.6 Å². The normalized spacial score (nSPS) is 2.29. The standard InChI is InChI=1S/Fe.2NO3.12H2O/c;2*2-1(3)4;;;;;;;;;;;;/h;;;12*1H2/q+2;2*-1;;;;;;;;;;;;. The van der Waals surface area contributed by atoms with Gasteiger partial charge in [-0.05, 0) is 0 Å². The Morgan fingerprint density at radius 2 is 0.381 bits per heavy atom. The Balaban J connectivity index is -0.00000000163. The molecule has 0 fully saturated rings. The van der Waals surface area contributed by atoms with Crippen LogP contribution in [-0.2, 0) is 17.1 Å². The fraction of sp³-hybridized carbons (Fsp3) is 0. The van der Waals surface area contributed by atoms with Gasteiger partial charge in [-0.2, -0.15) is 0 Å². The van der Waals surface area contributed by atoms with E-state index in [1.807, 2.05) is 0 Å². The first-order valence-electron chi connectivity index (χ1n) is 1.10. The molecule has 21 heteroatoms. The fourth-order valence-corrected chi connectivity index (χ4v) is 0. The van der Waals surface area contributed by atoms with Crippen LogP contribution >= 0.6 is 0 Å². The molecule has 21 heavy (non-hydrogen) atoms. The Bertz CT molecular complexity index is 73.2. The van der Waals surface area contributed by atoms with Gasteiger partial charge in [-0.1, -0.05) is 0 Å². The number of hydrogen-bond donors (Lipinski definition) is 0. The van der Waals surface area contributed by atoms with Crippen molar-refractivity contribution in [3.8, 4) is 0 Å². The number of rotatable bonds is 0. The molecule has 0 aliphatic carbocycles. The van der Waals surface area contributed by atoms with Crippen LogP contribution in [0.1, 0.15) is 0 Å². The van der Waals surface area contributed by atoms with Crippen LogP contribution in [0.4, 0.5) is 0 Å². The minimum atomic E-state index is -1.75. The molecule has 0 spiro atoms. The van der Waals surface area contributed by atoms with Crippen molar-refractivity contribution >= 4 is 0 Å². The molecule has 0 saturated heterocycles. The van der Waals surface area contributed by atoms with E-state index >= 15 is 0 Å². The van der Waals surface area contributed by atoms with E-state index in [9.17, 15) is 0 Å². The summed E-state index contributed by atoms with van der Waals surface area (Å²) in [5.41, 5.74) is 0. The molecule has 0 rings (SSSR count). The van der Waals surface area contributed by atoms with Crippen LogP contribution in [-0.4, -0.2) is 75.9 Å². The van der Waals surface area contributed by atoms with E-state index in [1.165, 1.54) is 0 Å². The first kappa shape index (κ1) is 335. The molecule has 0 aliphatic rings. The maximum Gasteiger partial charge on any atom is 2.00 e. The number of hydrogen-bond acceptors (Lipinski definition) is 6. The molecule has 20 nitrogen and oxygen atoms in total. The Labute approximate surface area is 125 Å². The Hall–Kier alpha value is -1.56. The van der Waals surface area contributed by atoms with Crippen LogP contribution in [0, 0.1) is 30.6 Å². The van der Waals surface area contributed by atoms with Crippen LogP contribution < -0.4 is 0 Å². The van der Waals surface area contributed by atoms with Gasteiger partial charge in [0.1, 0.15) is 0 Å². The maximum absolute atomic E-state index is 8.25. The zero-order valence-corrected chi connectivity index (χ0v) is 10.8. The molecule has 0 aliphatic heterocycles. The first-order valence-corrected chi connectivity index (χ1v) is 1.10. The maximum atomic E-state index is 8.25. The predicted octanol–water partition coefficient (Wildman–Crippen LogP) is -10.4. The van der Waals surface area contributed by atoms with Gasteiger partial charge in [-0.15, -0.1) is 0 Å². The molecular formula is H24FeN2O18. The SMILES string of the molecule is O.O.O.O.O.O.O.O.O.O.O.O.O=[N+]([O-])[O-].O=[N+]([O-])[O-].[Fe+2]. The zero-order valence-electron chi connectivity index (χ0n) is 9.70. The van der Waals surface area contributed by atoms with Crippen LogP contribution in [0.25, 0.3) is 0 Å². The van der Waals surface area contributed by atoms with Crippen molar-refractivity contribution in [2.24, 2.45) is 0 Å². The molecule has 0 aromatic rings. The zero-order chi connectivity index (χ0) is 7.15. The summed E-state index contributed by atoms with van der Waals surface area (Å²) in [4.78, 5) is 16.5. The van der Waals surface area contributed by atoms with Gasteiger partial charge in [-0.25, -0.2) is 0 Å². The Morgan fingerprint density at radius 3 is 0.381 bits per heavy atom. The smallest absolute Gasteiger partial charge is 0.412 e. The van der Waals surface area contributed by atoms with Gasteiger partial charge < -0.3 is 96.4 Å². The molecule has 0 saturated carbocycles. The Kier molecular flexibility index (Phi) is 4540. The summed E-state index contributed by atoms with van der Waals surface area (Å²) in [6.45, 7) is 0. The van der Waals surface area contributed by atoms with Gasteiger partial charge in [0, 0.05) is 0 Å². The van der Waals surface area contributed by atoms with Crippen LogP contribution in [0.15, 0.2) is 0 Å². The van der Waals surface area contributed by atoms with Crippen molar-refractivity contribution in [2.75, 3.05) is 0 Å². The van der Waals surface area contributed by atoms with Crippen molar-refractivity contribution in [3.05, 3.63) is 30.6 Å². The summed E-state index contributed by atoms with van der Waals surface area (Å²) in [5.74, 6) is 0. The third kappa shape index (κ3) is 2050. The Morgan fingerprint density at radius 1 is 0.381 bits per heavy atom. The molecule has 0 heterocycles. The van der Waals surface area contributed by atoms with Gasteiger partial charge >= 0.3 is 17.1 Å². The summed E-state index contributed by atoms with van der Waals surface area (Å²) >= 11 is 0. The number of nitrogens with zero attached hydrogens (tertiary/aromatic N) is 2. The van der Waals surface area contributed by atoms with Crippen molar-refractivity contribution in [2.45, 2.75) is 0 Å². The van der Waals surface area contributed by atoms with Gasteiger partial charge in [0.15, 0.2) is 0 Å². The van der Waals surface area contributed by atoms with E-state index in [0.717, 1.165) is 0 Å². The summed E-state index contributed by atoms with van der Waals surface area (Å²) in [6, 6.07) is 0. The third-order valence-corrected chi connectivity index (χ3v) is 0. The minimum absolute atomic E-state index is 0. The van der Waals surface area contributed by atoms with Crippen LogP contribution in [0.5, 0.6) is 0 Å². The van der Waals surface area contributed by atoms with Crippen LogP contribution in [0.3, 0.4) is 0 Å². The van der Waals surface area contributed by atoms with Gasteiger partial charge in [0.25, 0.3) is 0 Å². The molecule has 24 N–H and O–H groups in total. The van der Waals surface area contributed by atoms with Crippen molar-refractivity contribution in [1.29, 1.82) is 0 Å². The molecule has 0 aromatic heterocycles. The molecule has 0 aromatic carbocycles. The van der Waals surface area contributed by atoms with Crippen molar-refractivity contribution in [3.63, 3.8) is 0 Å². The quantitative estimate of drug-likeness (QED) is 0.217. The predicted molar refractivity (Wildman–Crippen MR) is 64.1 cm³/mol. The summed E-state index contributed by atoms with van der Waals surface area (Å²) < 4.78 is 0. The average Bonchev–Trinajstić information content (AvgIpc) is 1.25. The minimum Gasteiger partial charge on any atom is -0.412 e. The largest absolute Gasteiger partial charge is 2.00 e. The second-order valence-corrected chi connectivity index (χ2v) is 0.447. The first-order chi connectivity index (χ1) is 3.46. The fourth-order valence-electron chi connectivity index (χ4n) is 0. The van der Waals surface area contributed by atoms with Gasteiger partial charge in [-0.3, -0.25) is 0 Å². The molecular weight excluding hydrogens is 372 g/mol. The topological polar surface area (TPSA) is 510 Å². The van der Waals surface area contributed by atoms with E-state index in [2.05, 4.69) is 0 Å². The summed E-state index contributed by atoms with van der Waals surface area (Å²) in [6.07, 6.45) is 0. The van der Waals surface area contributed by atoms with Crippen molar-refractivity contribution < 1.29 is 93.0 Å². The van der Waals surface area contributed by atoms with E-state index in [1.54, 1.807) is 0 Å². The monoisotopic (exact) mass is 396 g/mol. The average molecular weight is 396 g/mol. The molecule has 0 amide bonds. The van der Waals surface area contributed by atoms with E-state index < -0.39 is 10.2 Å². The molecule has 0 bridgehead atoms. The molecule has 150 valence electrons. The summed E-state index contributed by atoms with van der Waals surface area (Å²) in [7, 11) is 0. The van der Waals surface area contributed by atoms with Crippen LogP contribution in [0.2, 0.25) is 0 Å². The second kappa shape index (κ2) is 285. The summed E-state index contributed by atoms with van der Waals surface area (Å²) in [5, 5.41) is 29.5. The second-order valence-electron chi connectivity index (χ2n) is 0.447. The third-order valence-electron chi connectivity index (χ3n) is 0. The van der Waals surface area contributed by atoms with Crippen molar-refractivity contribution in [1.82, 2.24) is 0 Å². The molecule has 0 unspecified atom stereocenters. The van der Waals surface area contributed by atoms with Gasteiger partial charge in [0.05, 0.1) is 10.2 Å². The van der Waals surface area contributed by atoms with E-state index in [-0.39, 0.29) is 82.8 Å². The van der Waals surface area contributed by atoms with Gasteiger partial charge in [0.2, 0.25) is 0 Å².